The number of amides is 4. The Balaban J connectivity index is 1.44. The number of H-pyrrole nitrogens is 1. The molecule has 1 aliphatic heterocycles. The van der Waals surface area contributed by atoms with Gasteiger partial charge in [-0.05, 0) is 29.8 Å². The number of para-hydroxylation sites is 1. The molecular formula is C21H19ClN4O4. The van der Waals surface area contributed by atoms with Crippen LogP contribution in [0.1, 0.15) is 5.56 Å². The lowest BCUT2D eigenvalue weighted by molar-refractivity contribution is -0.130. The minimum Gasteiger partial charge on any atom is -0.495 e. The van der Waals surface area contributed by atoms with Crippen molar-refractivity contribution in [1.82, 2.24) is 15.2 Å². The highest BCUT2D eigenvalue weighted by molar-refractivity contribution is 6.31. The fourth-order valence-electron chi connectivity index (χ4n) is 3.50. The van der Waals surface area contributed by atoms with Crippen LogP contribution in [0.15, 0.2) is 48.7 Å². The number of urea groups is 1. The van der Waals surface area contributed by atoms with Gasteiger partial charge in [-0.3, -0.25) is 14.5 Å². The summed E-state index contributed by atoms with van der Waals surface area (Å²) in [5.74, 6) is -0.563. The number of rotatable bonds is 6. The molecule has 1 saturated heterocycles. The summed E-state index contributed by atoms with van der Waals surface area (Å²) in [7, 11) is 1.46. The van der Waals surface area contributed by atoms with Crippen LogP contribution in [0, 0.1) is 0 Å². The number of fused-ring (bicyclic) bond motifs is 1. The van der Waals surface area contributed by atoms with E-state index in [1.165, 1.54) is 13.2 Å². The summed E-state index contributed by atoms with van der Waals surface area (Å²) >= 11 is 5.96. The molecule has 154 valence electrons. The smallest absolute Gasteiger partial charge is 0.325 e. The van der Waals surface area contributed by atoms with E-state index in [2.05, 4.69) is 15.6 Å². The number of imide groups is 1. The zero-order chi connectivity index (χ0) is 21.3. The van der Waals surface area contributed by atoms with Crippen LogP contribution in [0.4, 0.5) is 10.5 Å². The van der Waals surface area contributed by atoms with E-state index in [1.807, 2.05) is 30.5 Å². The zero-order valence-corrected chi connectivity index (χ0v) is 16.8. The van der Waals surface area contributed by atoms with E-state index in [4.69, 9.17) is 16.3 Å². The summed E-state index contributed by atoms with van der Waals surface area (Å²) in [6.45, 7) is -0.412. The molecular weight excluding hydrogens is 408 g/mol. The lowest BCUT2D eigenvalue weighted by Crippen LogP contribution is -2.38. The third kappa shape index (κ3) is 3.81. The molecule has 1 atom stereocenters. The molecule has 0 radical (unpaired) electrons. The number of aromatic amines is 1. The second-order valence-corrected chi connectivity index (χ2v) is 7.32. The number of ether oxygens (including phenoxy) is 1. The molecule has 8 nitrogen and oxygen atoms in total. The van der Waals surface area contributed by atoms with Crippen LogP contribution in [0.2, 0.25) is 5.02 Å². The van der Waals surface area contributed by atoms with E-state index in [0.717, 1.165) is 21.4 Å². The zero-order valence-electron chi connectivity index (χ0n) is 16.1. The van der Waals surface area contributed by atoms with Gasteiger partial charge < -0.3 is 20.4 Å². The third-order valence-corrected chi connectivity index (χ3v) is 5.18. The average molecular weight is 427 g/mol. The Morgan fingerprint density at radius 1 is 1.23 bits per heavy atom. The quantitative estimate of drug-likeness (QED) is 0.527. The van der Waals surface area contributed by atoms with Gasteiger partial charge in [0.2, 0.25) is 5.91 Å². The van der Waals surface area contributed by atoms with Crippen LogP contribution < -0.4 is 15.4 Å². The minimum atomic E-state index is -0.731. The number of methoxy groups -OCH3 is 1. The van der Waals surface area contributed by atoms with Crippen molar-refractivity contribution in [2.45, 2.75) is 12.5 Å². The highest BCUT2D eigenvalue weighted by Gasteiger charge is 2.39. The topological polar surface area (TPSA) is 104 Å². The van der Waals surface area contributed by atoms with Crippen molar-refractivity contribution < 1.29 is 19.1 Å². The van der Waals surface area contributed by atoms with Crippen LogP contribution in [-0.2, 0) is 16.0 Å². The number of benzene rings is 2. The number of hydrogen-bond acceptors (Lipinski definition) is 4. The molecule has 3 aromatic rings. The fourth-order valence-corrected chi connectivity index (χ4v) is 3.67. The van der Waals surface area contributed by atoms with Gasteiger partial charge in [0.15, 0.2) is 0 Å². The van der Waals surface area contributed by atoms with Gasteiger partial charge >= 0.3 is 6.03 Å². The first-order valence-corrected chi connectivity index (χ1v) is 9.64. The van der Waals surface area contributed by atoms with Crippen LogP contribution in [0.3, 0.4) is 0 Å². The largest absolute Gasteiger partial charge is 0.495 e. The van der Waals surface area contributed by atoms with Gasteiger partial charge in [-0.1, -0.05) is 29.8 Å². The Morgan fingerprint density at radius 2 is 2.03 bits per heavy atom. The summed E-state index contributed by atoms with van der Waals surface area (Å²) < 4.78 is 5.19. The molecule has 0 aliphatic carbocycles. The van der Waals surface area contributed by atoms with Crippen molar-refractivity contribution >= 4 is 46.0 Å². The Hall–Kier alpha value is -3.52. The van der Waals surface area contributed by atoms with Crippen LogP contribution >= 0.6 is 11.6 Å². The molecule has 9 heteroatoms. The second kappa shape index (κ2) is 8.08. The number of carbonyl (C=O) groups is 3. The molecule has 3 N–H and O–H groups in total. The summed E-state index contributed by atoms with van der Waals surface area (Å²) in [5.41, 5.74) is 2.23. The van der Waals surface area contributed by atoms with Crippen LogP contribution in [-0.4, -0.2) is 47.4 Å². The van der Waals surface area contributed by atoms with Crippen LogP contribution in [0.25, 0.3) is 10.9 Å². The van der Waals surface area contributed by atoms with Crippen molar-refractivity contribution in [2.24, 2.45) is 0 Å². The highest BCUT2D eigenvalue weighted by atomic mass is 35.5. The standard InChI is InChI=1S/C21H19ClN4O4/c1-30-18-7-6-13(22)9-16(18)24-19(27)11-26-20(28)17(25-21(26)29)8-12-10-23-15-5-3-2-4-14(12)15/h2-7,9-10,17,23H,8,11H2,1H3,(H,24,27)(H,25,29)/t17-/m0/s1. The number of aromatic nitrogens is 1. The van der Waals surface area contributed by atoms with Crippen LogP contribution in [0.5, 0.6) is 5.75 Å². The minimum absolute atomic E-state index is 0.328. The molecule has 1 aromatic heterocycles. The Bertz CT molecular complexity index is 1140. The predicted octanol–water partition coefficient (Wildman–Crippen LogP) is 2.93. The van der Waals surface area contributed by atoms with E-state index >= 15 is 0 Å². The molecule has 4 amide bonds. The van der Waals surface area contributed by atoms with Crippen molar-refractivity contribution in [3.8, 4) is 5.75 Å². The maximum Gasteiger partial charge on any atom is 0.325 e. The van der Waals surface area contributed by atoms with Crippen molar-refractivity contribution in [3.05, 3.63) is 59.2 Å². The number of hydrogen-bond donors (Lipinski definition) is 3. The lowest BCUT2D eigenvalue weighted by Gasteiger charge is -2.14. The van der Waals surface area contributed by atoms with Gasteiger partial charge in [0, 0.05) is 28.5 Å². The number of carbonyl (C=O) groups excluding carboxylic acids is 3. The Labute approximate surface area is 177 Å². The van der Waals surface area contributed by atoms with Gasteiger partial charge in [-0.25, -0.2) is 4.79 Å². The molecule has 1 fully saturated rings. The predicted molar refractivity (Wildman–Crippen MR) is 113 cm³/mol. The second-order valence-electron chi connectivity index (χ2n) is 6.88. The summed E-state index contributed by atoms with van der Waals surface area (Å²) in [5, 5.41) is 6.69. The maximum absolute atomic E-state index is 12.7. The van der Waals surface area contributed by atoms with Crippen molar-refractivity contribution in [2.75, 3.05) is 19.0 Å². The highest BCUT2D eigenvalue weighted by Crippen LogP contribution is 2.28. The van der Waals surface area contributed by atoms with E-state index in [0.29, 0.717) is 22.9 Å². The van der Waals surface area contributed by atoms with E-state index < -0.39 is 30.4 Å². The Kier molecular flexibility index (Phi) is 5.33. The molecule has 1 aliphatic rings. The summed E-state index contributed by atoms with van der Waals surface area (Å²) in [6.07, 6.45) is 2.15. The number of nitrogens with one attached hydrogen (secondary N) is 3. The Morgan fingerprint density at radius 3 is 2.83 bits per heavy atom. The first kappa shape index (κ1) is 19.8. The van der Waals surface area contributed by atoms with Gasteiger partial charge in [0.1, 0.15) is 18.3 Å². The first-order valence-electron chi connectivity index (χ1n) is 9.26. The normalized spacial score (nSPS) is 16.1. The van der Waals surface area contributed by atoms with Gasteiger partial charge in [0.05, 0.1) is 12.8 Å². The molecule has 0 saturated carbocycles. The van der Waals surface area contributed by atoms with Gasteiger partial charge in [0.25, 0.3) is 5.91 Å². The molecule has 4 rings (SSSR count). The summed E-state index contributed by atoms with van der Waals surface area (Å²) in [6, 6.07) is 11.2. The fraction of sp³-hybridized carbons (Fsp3) is 0.190. The number of halogens is 1. The monoisotopic (exact) mass is 426 g/mol. The van der Waals surface area contributed by atoms with Gasteiger partial charge in [-0.15, -0.1) is 0 Å². The molecule has 0 unspecified atom stereocenters. The average Bonchev–Trinajstić information content (AvgIpc) is 3.25. The lowest BCUT2D eigenvalue weighted by atomic mass is 10.1. The third-order valence-electron chi connectivity index (χ3n) is 4.94. The number of anilines is 1. The molecule has 2 heterocycles. The first-order chi connectivity index (χ1) is 14.5. The molecule has 0 spiro atoms. The van der Waals surface area contributed by atoms with Crippen molar-refractivity contribution in [1.29, 1.82) is 0 Å². The molecule has 2 aromatic carbocycles. The molecule has 0 bridgehead atoms. The molecule has 30 heavy (non-hydrogen) atoms. The maximum atomic E-state index is 12.7. The van der Waals surface area contributed by atoms with Gasteiger partial charge in [-0.2, -0.15) is 0 Å². The van der Waals surface area contributed by atoms with E-state index in [-0.39, 0.29) is 0 Å². The summed E-state index contributed by atoms with van der Waals surface area (Å²) in [4.78, 5) is 41.6. The SMILES string of the molecule is COc1ccc(Cl)cc1NC(=O)CN1C(=O)N[C@@H](Cc2c[nH]c3ccccc23)C1=O. The number of nitrogens with zero attached hydrogens (tertiary/aromatic N) is 1. The van der Waals surface area contributed by atoms with Crippen molar-refractivity contribution in [3.63, 3.8) is 0 Å². The van der Waals surface area contributed by atoms with E-state index in [9.17, 15) is 14.4 Å². The van der Waals surface area contributed by atoms with E-state index in [1.54, 1.807) is 12.1 Å².